The van der Waals surface area contributed by atoms with E-state index in [1.807, 2.05) is 11.8 Å². The number of fused-ring (bicyclic) bond motifs is 3. The molecule has 0 radical (unpaired) electrons. The van der Waals surface area contributed by atoms with Crippen LogP contribution in [0.5, 0.6) is 0 Å². The van der Waals surface area contributed by atoms with Crippen LogP contribution in [-0.4, -0.2) is 47.0 Å². The van der Waals surface area contributed by atoms with Gasteiger partial charge in [-0.1, -0.05) is 6.92 Å². The van der Waals surface area contributed by atoms with Gasteiger partial charge in [0.25, 0.3) is 5.56 Å². The summed E-state index contributed by atoms with van der Waals surface area (Å²) in [6.45, 7) is 6.04. The number of hydrogen-bond acceptors (Lipinski definition) is 4. The van der Waals surface area contributed by atoms with E-state index in [-0.39, 0.29) is 11.5 Å². The van der Waals surface area contributed by atoms with Gasteiger partial charge in [0.2, 0.25) is 5.91 Å². The molecule has 2 N–H and O–H groups in total. The average molecular weight is 361 g/mol. The van der Waals surface area contributed by atoms with Gasteiger partial charge in [0.05, 0.1) is 31.6 Å². The van der Waals surface area contributed by atoms with Crippen molar-refractivity contribution in [1.29, 1.82) is 0 Å². The zero-order valence-electron chi connectivity index (χ0n) is 14.7. The molecule has 3 heterocycles. The Labute approximate surface area is 150 Å². The van der Waals surface area contributed by atoms with Crippen LogP contribution in [-0.2, 0) is 24.2 Å². The molecule has 134 valence electrons. The third kappa shape index (κ3) is 3.22. The van der Waals surface area contributed by atoms with Crippen molar-refractivity contribution < 1.29 is 9.69 Å². The van der Waals surface area contributed by atoms with Crippen LogP contribution in [0.25, 0.3) is 10.2 Å². The third-order valence-electron chi connectivity index (χ3n) is 5.42. The van der Waals surface area contributed by atoms with Crippen LogP contribution in [0.3, 0.4) is 0 Å². The van der Waals surface area contributed by atoms with Crippen LogP contribution < -0.4 is 10.5 Å². The first-order valence-corrected chi connectivity index (χ1v) is 10.1. The maximum atomic E-state index is 12.6. The first-order valence-electron chi connectivity index (χ1n) is 9.30. The number of nitrogens with one attached hydrogen (secondary N) is 2. The molecule has 1 aliphatic heterocycles. The Morgan fingerprint density at radius 2 is 2.04 bits per heavy atom. The zero-order chi connectivity index (χ0) is 17.4. The molecule has 2 aliphatic rings. The maximum absolute atomic E-state index is 12.6. The number of quaternary nitrogens is 1. The van der Waals surface area contributed by atoms with E-state index in [0.717, 1.165) is 61.6 Å². The van der Waals surface area contributed by atoms with Gasteiger partial charge in [-0.2, -0.15) is 0 Å². The molecule has 25 heavy (non-hydrogen) atoms. The molecule has 0 aromatic carbocycles. The second-order valence-electron chi connectivity index (χ2n) is 7.06. The Balaban J connectivity index is 1.51. The molecule has 6 nitrogen and oxygen atoms in total. The second kappa shape index (κ2) is 6.88. The number of carbonyl (C=O) groups excluding carboxylic acids is 1. The van der Waals surface area contributed by atoms with Crippen molar-refractivity contribution in [1.82, 2.24) is 14.9 Å². The summed E-state index contributed by atoms with van der Waals surface area (Å²) in [7, 11) is 0. The minimum atomic E-state index is 0.0265. The van der Waals surface area contributed by atoms with Gasteiger partial charge in [0.1, 0.15) is 11.4 Å². The summed E-state index contributed by atoms with van der Waals surface area (Å²) in [5, 5.41) is 0.830. The van der Waals surface area contributed by atoms with E-state index in [1.165, 1.54) is 28.2 Å². The minimum absolute atomic E-state index is 0.0265. The molecule has 2 aromatic heterocycles. The molecular formula is C18H25N4O2S+. The number of H-pyrrole nitrogens is 1. The molecule has 4 rings (SSSR count). The highest BCUT2D eigenvalue weighted by molar-refractivity contribution is 7.18. The number of carbonyl (C=O) groups is 1. The van der Waals surface area contributed by atoms with Crippen LogP contribution in [0.15, 0.2) is 4.79 Å². The Hall–Kier alpha value is -1.73. The summed E-state index contributed by atoms with van der Waals surface area (Å²) in [6, 6.07) is 0. The zero-order valence-corrected chi connectivity index (χ0v) is 15.5. The monoisotopic (exact) mass is 361 g/mol. The largest absolute Gasteiger partial charge is 0.331 e. The van der Waals surface area contributed by atoms with Crippen molar-refractivity contribution >= 4 is 27.5 Å². The highest BCUT2D eigenvalue weighted by Crippen LogP contribution is 2.33. The molecule has 0 spiro atoms. The van der Waals surface area contributed by atoms with Crippen LogP contribution in [0.2, 0.25) is 0 Å². The van der Waals surface area contributed by atoms with Gasteiger partial charge in [-0.25, -0.2) is 4.98 Å². The molecule has 1 saturated heterocycles. The van der Waals surface area contributed by atoms with Crippen LogP contribution >= 0.6 is 11.3 Å². The predicted octanol–water partition coefficient (Wildman–Crippen LogP) is 0.501. The predicted molar refractivity (Wildman–Crippen MR) is 98.2 cm³/mol. The van der Waals surface area contributed by atoms with E-state index in [2.05, 4.69) is 4.98 Å². The van der Waals surface area contributed by atoms with Gasteiger partial charge < -0.3 is 14.8 Å². The van der Waals surface area contributed by atoms with E-state index in [0.29, 0.717) is 6.42 Å². The van der Waals surface area contributed by atoms with Crippen molar-refractivity contribution in [3.63, 3.8) is 0 Å². The minimum Gasteiger partial charge on any atom is -0.331 e. The van der Waals surface area contributed by atoms with Crippen molar-refractivity contribution in [2.24, 2.45) is 0 Å². The molecule has 0 atom stereocenters. The van der Waals surface area contributed by atoms with Crippen molar-refractivity contribution in [2.45, 2.75) is 45.6 Å². The molecule has 0 saturated carbocycles. The molecule has 0 unspecified atom stereocenters. The van der Waals surface area contributed by atoms with Crippen molar-refractivity contribution in [3.8, 4) is 0 Å². The normalized spacial score (nSPS) is 18.5. The van der Waals surface area contributed by atoms with E-state index >= 15 is 0 Å². The fraction of sp³-hybridized carbons (Fsp3) is 0.611. The number of aryl methyl sites for hydroxylation is 2. The Morgan fingerprint density at radius 3 is 2.80 bits per heavy atom. The van der Waals surface area contributed by atoms with Crippen LogP contribution in [0, 0.1) is 0 Å². The quantitative estimate of drug-likeness (QED) is 0.836. The second-order valence-corrected chi connectivity index (χ2v) is 8.15. The number of thiophene rings is 1. The number of nitrogens with zero attached hydrogens (tertiary/aromatic N) is 2. The fourth-order valence-electron chi connectivity index (χ4n) is 4.00. The van der Waals surface area contributed by atoms with Gasteiger partial charge in [-0.3, -0.25) is 9.59 Å². The lowest BCUT2D eigenvalue weighted by Crippen LogP contribution is -3.13. The summed E-state index contributed by atoms with van der Waals surface area (Å²) < 4.78 is 0. The van der Waals surface area contributed by atoms with Gasteiger partial charge in [0.15, 0.2) is 5.82 Å². The Kier molecular flexibility index (Phi) is 4.60. The molecule has 2 aromatic rings. The van der Waals surface area contributed by atoms with E-state index < -0.39 is 0 Å². The number of hydrogen-bond donors (Lipinski definition) is 2. The standard InChI is InChI=1S/C18H24N4O2S/c1-2-15(23)22-9-7-21(8-10-22)11-14-19-17(24)16-12-5-3-4-6-13(12)25-18(16)20-14/h2-11H2,1H3,(H,19,20,24)/p+1. The Bertz CT molecular complexity index is 849. The number of rotatable bonds is 3. The molecular weight excluding hydrogens is 336 g/mol. The Morgan fingerprint density at radius 1 is 1.28 bits per heavy atom. The summed E-state index contributed by atoms with van der Waals surface area (Å²) >= 11 is 1.70. The van der Waals surface area contributed by atoms with Gasteiger partial charge in [0, 0.05) is 11.3 Å². The smallest absolute Gasteiger partial charge is 0.260 e. The first kappa shape index (κ1) is 16.7. The molecule has 1 fully saturated rings. The number of amides is 1. The van der Waals surface area contributed by atoms with E-state index in [4.69, 9.17) is 4.98 Å². The fourth-order valence-corrected chi connectivity index (χ4v) is 5.28. The highest BCUT2D eigenvalue weighted by atomic mass is 32.1. The SMILES string of the molecule is CCC(=O)N1CC[NH+](Cc2nc3sc4c(c3c(=O)[nH]2)CCCC4)CC1. The number of aromatic nitrogens is 2. The maximum Gasteiger partial charge on any atom is 0.260 e. The summed E-state index contributed by atoms with van der Waals surface area (Å²) in [6.07, 6.45) is 5.06. The number of aromatic amines is 1. The van der Waals surface area contributed by atoms with Crippen molar-refractivity contribution in [2.75, 3.05) is 26.2 Å². The first-order chi connectivity index (χ1) is 12.2. The van der Waals surface area contributed by atoms with E-state index in [9.17, 15) is 9.59 Å². The molecule has 0 bridgehead atoms. The number of piperazine rings is 1. The van der Waals surface area contributed by atoms with Crippen LogP contribution in [0.4, 0.5) is 0 Å². The summed E-state index contributed by atoms with van der Waals surface area (Å²) in [4.78, 5) is 37.7. The van der Waals surface area contributed by atoms with Gasteiger partial charge >= 0.3 is 0 Å². The lowest BCUT2D eigenvalue weighted by Gasteiger charge is -2.31. The van der Waals surface area contributed by atoms with E-state index in [1.54, 1.807) is 11.3 Å². The topological polar surface area (TPSA) is 70.5 Å². The molecule has 1 aliphatic carbocycles. The molecule has 1 amide bonds. The summed E-state index contributed by atoms with van der Waals surface area (Å²) in [5.74, 6) is 1.01. The lowest BCUT2D eigenvalue weighted by atomic mass is 9.97. The average Bonchev–Trinajstić information content (AvgIpc) is 3.00. The molecule has 7 heteroatoms. The van der Waals surface area contributed by atoms with Crippen molar-refractivity contribution in [3.05, 3.63) is 26.6 Å². The lowest BCUT2D eigenvalue weighted by molar-refractivity contribution is -0.918. The third-order valence-corrected chi connectivity index (χ3v) is 6.60. The highest BCUT2D eigenvalue weighted by Gasteiger charge is 2.24. The van der Waals surface area contributed by atoms with Gasteiger partial charge in [-0.15, -0.1) is 11.3 Å². The van der Waals surface area contributed by atoms with Crippen LogP contribution in [0.1, 0.15) is 42.5 Å². The van der Waals surface area contributed by atoms with Gasteiger partial charge in [-0.05, 0) is 31.2 Å². The summed E-state index contributed by atoms with van der Waals surface area (Å²) in [5.41, 5.74) is 1.27.